The van der Waals surface area contributed by atoms with Gasteiger partial charge in [-0.2, -0.15) is 0 Å². The van der Waals surface area contributed by atoms with Crippen LogP contribution in [0.15, 0.2) is 42.5 Å². The van der Waals surface area contributed by atoms with Gasteiger partial charge in [-0.3, -0.25) is 9.59 Å². The van der Waals surface area contributed by atoms with Crippen molar-refractivity contribution < 1.29 is 33.3 Å². The molecule has 1 aromatic rings. The van der Waals surface area contributed by atoms with Crippen LogP contribution in [0.1, 0.15) is 65.9 Å². The Bertz CT molecular complexity index is 1030. The number of rotatable bonds is 8. The van der Waals surface area contributed by atoms with E-state index in [4.69, 9.17) is 23.7 Å². The van der Waals surface area contributed by atoms with Crippen LogP contribution in [0.25, 0.3) is 0 Å². The summed E-state index contributed by atoms with van der Waals surface area (Å²) < 4.78 is 30.9. The number of Topliss-reactive ketones (excluding diaryl/α,β-unsaturated/α-hetero) is 1. The average molecular weight is 499 g/mol. The summed E-state index contributed by atoms with van der Waals surface area (Å²) in [5.41, 5.74) is -0.671. The zero-order chi connectivity index (χ0) is 25.8. The van der Waals surface area contributed by atoms with Crippen molar-refractivity contribution in [2.75, 3.05) is 6.61 Å². The van der Waals surface area contributed by atoms with E-state index in [1.165, 1.54) is 6.92 Å². The van der Waals surface area contributed by atoms with E-state index in [0.29, 0.717) is 31.1 Å². The van der Waals surface area contributed by atoms with Crippen molar-refractivity contribution in [3.63, 3.8) is 0 Å². The Labute approximate surface area is 213 Å². The van der Waals surface area contributed by atoms with Crippen LogP contribution in [0.2, 0.25) is 0 Å². The van der Waals surface area contributed by atoms with Gasteiger partial charge in [0, 0.05) is 19.8 Å². The Hall–Kier alpha value is -2.06. The Balaban J connectivity index is 1.53. The topological polar surface area (TPSA) is 80.3 Å². The zero-order valence-electron chi connectivity index (χ0n) is 22.0. The van der Waals surface area contributed by atoms with E-state index in [-0.39, 0.29) is 18.0 Å². The van der Waals surface area contributed by atoms with Gasteiger partial charge in [0.25, 0.3) is 0 Å². The molecule has 2 bridgehead atoms. The van der Waals surface area contributed by atoms with Crippen molar-refractivity contribution in [2.45, 2.75) is 96.8 Å². The first-order valence-electron chi connectivity index (χ1n) is 13.1. The SMILES string of the molecule is CC(=O)OCC[C@H]1O[C@@H]2OC(C)(C)O[C@@H]2[C@]1(/C=C/C12CCC(CC1=O)C2(C)C)OCc1ccccc1. The van der Waals surface area contributed by atoms with E-state index in [1.807, 2.05) is 50.3 Å². The first-order valence-corrected chi connectivity index (χ1v) is 13.1. The average Bonchev–Trinajstić information content (AvgIpc) is 3.42. The molecule has 6 atom stereocenters. The quantitative estimate of drug-likeness (QED) is 0.379. The fraction of sp³-hybridized carbons (Fsp3) is 0.655. The smallest absolute Gasteiger partial charge is 0.302 e. The number of fused-ring (bicyclic) bond motifs is 3. The molecular formula is C29H38O7. The molecule has 2 aliphatic carbocycles. The predicted octanol–water partition coefficient (Wildman–Crippen LogP) is 4.72. The summed E-state index contributed by atoms with van der Waals surface area (Å²) in [5, 5.41) is 0. The minimum absolute atomic E-state index is 0.125. The fourth-order valence-electron chi connectivity index (χ4n) is 6.77. The van der Waals surface area contributed by atoms with Gasteiger partial charge in [0.2, 0.25) is 0 Å². The first kappa shape index (κ1) is 25.6. The lowest BCUT2D eigenvalue weighted by molar-refractivity contribution is -0.232. The van der Waals surface area contributed by atoms with Crippen molar-refractivity contribution >= 4 is 11.8 Å². The predicted molar refractivity (Wildman–Crippen MR) is 132 cm³/mol. The number of allylic oxidation sites excluding steroid dienone is 1. The highest BCUT2D eigenvalue weighted by Gasteiger charge is 2.66. The van der Waals surface area contributed by atoms with Gasteiger partial charge in [-0.05, 0) is 43.6 Å². The van der Waals surface area contributed by atoms with Crippen molar-refractivity contribution in [3.05, 3.63) is 48.0 Å². The monoisotopic (exact) mass is 498 g/mol. The summed E-state index contributed by atoms with van der Waals surface area (Å²) in [6, 6.07) is 9.94. The first-order chi connectivity index (χ1) is 17.0. The van der Waals surface area contributed by atoms with E-state index in [1.54, 1.807) is 0 Å². The Kier molecular flexibility index (Phi) is 6.43. The maximum absolute atomic E-state index is 13.3. The normalized spacial score (nSPS) is 38.1. The van der Waals surface area contributed by atoms with Crippen molar-refractivity contribution in [1.82, 2.24) is 0 Å². The molecule has 2 saturated heterocycles. The molecule has 2 heterocycles. The van der Waals surface area contributed by atoms with E-state index in [2.05, 4.69) is 19.9 Å². The summed E-state index contributed by atoms with van der Waals surface area (Å²) in [5.74, 6) is -0.491. The van der Waals surface area contributed by atoms with Gasteiger partial charge in [0.15, 0.2) is 12.1 Å². The summed E-state index contributed by atoms with van der Waals surface area (Å²) in [4.78, 5) is 24.8. The van der Waals surface area contributed by atoms with Crippen LogP contribution in [-0.4, -0.2) is 48.2 Å². The van der Waals surface area contributed by atoms with Gasteiger partial charge < -0.3 is 23.7 Å². The molecule has 4 fully saturated rings. The van der Waals surface area contributed by atoms with Crippen molar-refractivity contribution in [1.29, 1.82) is 0 Å². The van der Waals surface area contributed by atoms with Gasteiger partial charge in [-0.1, -0.05) is 56.3 Å². The van der Waals surface area contributed by atoms with Gasteiger partial charge in [-0.15, -0.1) is 0 Å². The van der Waals surface area contributed by atoms with Crippen LogP contribution in [0, 0.1) is 16.7 Å². The molecule has 5 rings (SSSR count). The van der Waals surface area contributed by atoms with E-state index in [9.17, 15) is 9.59 Å². The van der Waals surface area contributed by atoms with Gasteiger partial charge in [0.1, 0.15) is 17.5 Å². The Morgan fingerprint density at radius 3 is 2.50 bits per heavy atom. The molecule has 4 aliphatic rings. The van der Waals surface area contributed by atoms with E-state index >= 15 is 0 Å². The molecule has 36 heavy (non-hydrogen) atoms. The standard InChI is InChI=1S/C29H38O7/c1-19(30)32-16-12-23-29(33-18-20-9-7-6-8-10-20,24-25(34-23)36-27(4,5)35-24)15-14-28-13-11-21(17-22(28)31)26(28,2)3/h6-10,14-15,21,23-25H,11-13,16-18H2,1-5H3/b15-14+/t21?,23-,24+,25-,28?,29-/m1/s1. The molecule has 0 radical (unpaired) electrons. The molecule has 196 valence electrons. The van der Waals surface area contributed by atoms with Gasteiger partial charge in [0.05, 0.1) is 24.7 Å². The number of benzene rings is 1. The van der Waals surface area contributed by atoms with Gasteiger partial charge >= 0.3 is 5.97 Å². The molecule has 2 unspecified atom stereocenters. The zero-order valence-corrected chi connectivity index (χ0v) is 22.0. The second-order valence-electron chi connectivity index (χ2n) is 11.7. The van der Waals surface area contributed by atoms with Crippen LogP contribution in [0.5, 0.6) is 0 Å². The van der Waals surface area contributed by atoms with Crippen molar-refractivity contribution in [2.24, 2.45) is 16.7 Å². The van der Waals surface area contributed by atoms with Crippen LogP contribution in [0.4, 0.5) is 0 Å². The van der Waals surface area contributed by atoms with Crippen LogP contribution < -0.4 is 0 Å². The number of hydrogen-bond acceptors (Lipinski definition) is 7. The van der Waals surface area contributed by atoms with E-state index in [0.717, 1.165) is 18.4 Å². The summed E-state index contributed by atoms with van der Waals surface area (Å²) in [7, 11) is 0. The van der Waals surface area contributed by atoms with Crippen LogP contribution in [0.3, 0.4) is 0 Å². The third kappa shape index (κ3) is 4.14. The molecule has 7 nitrogen and oxygen atoms in total. The number of esters is 1. The van der Waals surface area contributed by atoms with Gasteiger partial charge in [-0.25, -0.2) is 0 Å². The summed E-state index contributed by atoms with van der Waals surface area (Å²) in [6.45, 7) is 10.0. The second kappa shape index (κ2) is 9.05. The second-order valence-corrected chi connectivity index (χ2v) is 11.7. The number of carbonyl (C=O) groups excluding carboxylic acids is 2. The molecule has 0 spiro atoms. The lowest BCUT2D eigenvalue weighted by Gasteiger charge is -2.39. The highest BCUT2D eigenvalue weighted by molar-refractivity contribution is 5.91. The van der Waals surface area contributed by atoms with Crippen molar-refractivity contribution in [3.8, 4) is 0 Å². The maximum atomic E-state index is 13.3. The largest absolute Gasteiger partial charge is 0.466 e. The Morgan fingerprint density at radius 1 is 1.11 bits per heavy atom. The molecule has 2 saturated carbocycles. The molecule has 0 N–H and O–H groups in total. The number of carbonyl (C=O) groups is 2. The third-order valence-electron chi connectivity index (χ3n) is 8.94. The Morgan fingerprint density at radius 2 is 1.86 bits per heavy atom. The number of hydrogen-bond donors (Lipinski definition) is 0. The molecular weight excluding hydrogens is 460 g/mol. The van der Waals surface area contributed by atoms with Crippen LogP contribution in [-0.2, 0) is 39.9 Å². The lowest BCUT2D eigenvalue weighted by Crippen LogP contribution is -2.50. The summed E-state index contributed by atoms with van der Waals surface area (Å²) in [6.07, 6.45) is 5.37. The fourth-order valence-corrected chi connectivity index (χ4v) is 6.77. The minimum Gasteiger partial charge on any atom is -0.466 e. The molecule has 1 aromatic carbocycles. The highest BCUT2D eigenvalue weighted by atomic mass is 16.8. The summed E-state index contributed by atoms with van der Waals surface area (Å²) >= 11 is 0. The third-order valence-corrected chi connectivity index (χ3v) is 8.94. The van der Waals surface area contributed by atoms with Crippen LogP contribution >= 0.6 is 0 Å². The molecule has 0 aromatic heterocycles. The highest BCUT2D eigenvalue weighted by Crippen LogP contribution is 2.65. The number of ketones is 1. The molecule has 0 amide bonds. The maximum Gasteiger partial charge on any atom is 0.302 e. The molecule has 2 aliphatic heterocycles. The minimum atomic E-state index is -1.03. The van der Waals surface area contributed by atoms with E-state index < -0.39 is 35.3 Å². The number of ether oxygens (including phenoxy) is 5. The lowest BCUT2D eigenvalue weighted by atomic mass is 9.68. The molecule has 7 heteroatoms.